The average Bonchev–Trinajstić information content (AvgIpc) is 2.55. The van der Waals surface area contributed by atoms with Crippen molar-refractivity contribution in [2.45, 2.75) is 24.7 Å². The SMILES string of the molecule is CCOC(=O)c1ccc(S(=O)(=O)N2CCC(CN)CC2)cc1. The Labute approximate surface area is 131 Å². The molecule has 1 saturated heterocycles. The van der Waals surface area contributed by atoms with Crippen LogP contribution in [-0.4, -0.2) is 44.9 Å². The fourth-order valence-electron chi connectivity index (χ4n) is 2.51. The summed E-state index contributed by atoms with van der Waals surface area (Å²) in [4.78, 5) is 11.8. The van der Waals surface area contributed by atoms with E-state index in [1.54, 1.807) is 6.92 Å². The molecule has 1 aliphatic rings. The number of nitrogens with zero attached hydrogens (tertiary/aromatic N) is 1. The molecule has 0 spiro atoms. The van der Waals surface area contributed by atoms with Crippen LogP contribution >= 0.6 is 0 Å². The highest BCUT2D eigenvalue weighted by atomic mass is 32.2. The standard InChI is InChI=1S/C15H22N2O4S/c1-2-21-15(18)13-3-5-14(6-4-13)22(19,20)17-9-7-12(11-16)8-10-17/h3-6,12H,2,7-11,16H2,1H3. The summed E-state index contributed by atoms with van der Waals surface area (Å²) in [6.07, 6.45) is 1.58. The first kappa shape index (κ1) is 16.9. The van der Waals surface area contributed by atoms with Crippen LogP contribution in [-0.2, 0) is 14.8 Å². The Morgan fingerprint density at radius 1 is 1.27 bits per heavy atom. The van der Waals surface area contributed by atoms with Crippen LogP contribution in [0.1, 0.15) is 30.1 Å². The van der Waals surface area contributed by atoms with E-state index in [1.165, 1.54) is 28.6 Å². The second-order valence-corrected chi connectivity index (χ2v) is 7.27. The minimum Gasteiger partial charge on any atom is -0.462 e. The molecular formula is C15H22N2O4S. The van der Waals surface area contributed by atoms with Crippen LogP contribution in [0.5, 0.6) is 0 Å². The molecule has 0 aliphatic carbocycles. The van der Waals surface area contributed by atoms with Gasteiger partial charge in [0, 0.05) is 13.1 Å². The van der Waals surface area contributed by atoms with Gasteiger partial charge in [-0.1, -0.05) is 0 Å². The third-order valence-electron chi connectivity index (χ3n) is 3.91. The predicted octanol–water partition coefficient (Wildman–Crippen LogP) is 1.22. The molecule has 122 valence electrons. The normalized spacial score (nSPS) is 17.4. The van der Waals surface area contributed by atoms with Gasteiger partial charge in [0.2, 0.25) is 10.0 Å². The average molecular weight is 326 g/mol. The molecule has 22 heavy (non-hydrogen) atoms. The molecule has 0 atom stereocenters. The summed E-state index contributed by atoms with van der Waals surface area (Å²) in [7, 11) is -3.51. The first-order valence-electron chi connectivity index (χ1n) is 7.46. The molecule has 0 unspecified atom stereocenters. The van der Waals surface area contributed by atoms with E-state index in [4.69, 9.17) is 10.5 Å². The van der Waals surface area contributed by atoms with Gasteiger partial charge < -0.3 is 10.5 Å². The number of hydrogen-bond acceptors (Lipinski definition) is 5. The summed E-state index contributed by atoms with van der Waals surface area (Å²) in [5.41, 5.74) is 5.98. The largest absolute Gasteiger partial charge is 0.462 e. The highest BCUT2D eigenvalue weighted by Gasteiger charge is 2.28. The number of nitrogens with two attached hydrogens (primary N) is 1. The molecule has 1 aromatic carbocycles. The predicted molar refractivity (Wildman–Crippen MR) is 82.9 cm³/mol. The summed E-state index contributed by atoms with van der Waals surface area (Å²) in [6, 6.07) is 5.88. The van der Waals surface area contributed by atoms with Crippen molar-refractivity contribution >= 4 is 16.0 Å². The lowest BCUT2D eigenvalue weighted by Crippen LogP contribution is -2.40. The zero-order valence-corrected chi connectivity index (χ0v) is 13.5. The molecule has 1 aromatic rings. The molecule has 0 aromatic heterocycles. The number of carbonyl (C=O) groups excluding carboxylic acids is 1. The van der Waals surface area contributed by atoms with Gasteiger partial charge in [0.15, 0.2) is 0 Å². The van der Waals surface area contributed by atoms with Crippen molar-refractivity contribution in [1.82, 2.24) is 4.31 Å². The molecular weight excluding hydrogens is 304 g/mol. The Bertz CT molecular complexity index is 605. The van der Waals surface area contributed by atoms with Crippen LogP contribution in [0.2, 0.25) is 0 Å². The first-order valence-corrected chi connectivity index (χ1v) is 8.90. The highest BCUT2D eigenvalue weighted by molar-refractivity contribution is 7.89. The van der Waals surface area contributed by atoms with Crippen LogP contribution in [0.25, 0.3) is 0 Å². The molecule has 1 fully saturated rings. The minimum absolute atomic E-state index is 0.201. The number of carbonyl (C=O) groups is 1. The quantitative estimate of drug-likeness (QED) is 0.822. The third-order valence-corrected chi connectivity index (χ3v) is 5.82. The van der Waals surface area contributed by atoms with E-state index in [0.717, 1.165) is 12.8 Å². The zero-order valence-electron chi connectivity index (χ0n) is 12.7. The van der Waals surface area contributed by atoms with Crippen molar-refractivity contribution < 1.29 is 17.9 Å². The van der Waals surface area contributed by atoms with Crippen LogP contribution in [0.15, 0.2) is 29.2 Å². The zero-order chi connectivity index (χ0) is 16.2. The Kier molecular flexibility index (Phi) is 5.55. The van der Waals surface area contributed by atoms with Gasteiger partial charge in [0.25, 0.3) is 0 Å². The number of ether oxygens (including phenoxy) is 1. The molecule has 0 amide bonds. The fourth-order valence-corrected chi connectivity index (χ4v) is 3.98. The van der Waals surface area contributed by atoms with E-state index in [9.17, 15) is 13.2 Å². The molecule has 1 aliphatic heterocycles. The molecule has 2 N–H and O–H groups in total. The van der Waals surface area contributed by atoms with Gasteiger partial charge in [-0.25, -0.2) is 13.2 Å². The lowest BCUT2D eigenvalue weighted by atomic mass is 9.99. The van der Waals surface area contributed by atoms with Crippen molar-refractivity contribution in [3.8, 4) is 0 Å². The van der Waals surface area contributed by atoms with Gasteiger partial charge in [-0.3, -0.25) is 0 Å². The Hall–Kier alpha value is -1.44. The molecule has 0 radical (unpaired) electrons. The molecule has 7 heteroatoms. The van der Waals surface area contributed by atoms with E-state index in [1.807, 2.05) is 0 Å². The molecule has 1 heterocycles. The van der Waals surface area contributed by atoms with Crippen LogP contribution in [0, 0.1) is 5.92 Å². The summed E-state index contributed by atoms with van der Waals surface area (Å²) < 4.78 is 31.5. The second kappa shape index (κ2) is 7.21. The van der Waals surface area contributed by atoms with Gasteiger partial charge in [-0.15, -0.1) is 0 Å². The van der Waals surface area contributed by atoms with E-state index in [2.05, 4.69) is 0 Å². The molecule has 2 rings (SSSR count). The summed E-state index contributed by atoms with van der Waals surface area (Å²) in [5, 5.41) is 0. The summed E-state index contributed by atoms with van der Waals surface area (Å²) in [5.74, 6) is -0.0483. The first-order chi connectivity index (χ1) is 10.5. The number of rotatable bonds is 5. The van der Waals surface area contributed by atoms with Crippen molar-refractivity contribution in [3.63, 3.8) is 0 Å². The Balaban J connectivity index is 2.11. The molecule has 0 bridgehead atoms. The van der Waals surface area contributed by atoms with Crippen LogP contribution < -0.4 is 5.73 Å². The monoisotopic (exact) mass is 326 g/mol. The van der Waals surface area contributed by atoms with Gasteiger partial charge in [0.1, 0.15) is 0 Å². The maximum absolute atomic E-state index is 12.6. The van der Waals surface area contributed by atoms with Crippen LogP contribution in [0.3, 0.4) is 0 Å². The maximum Gasteiger partial charge on any atom is 0.338 e. The van der Waals surface area contributed by atoms with Gasteiger partial charge in [0.05, 0.1) is 17.1 Å². The topological polar surface area (TPSA) is 89.7 Å². The summed E-state index contributed by atoms with van der Waals surface area (Å²) >= 11 is 0. The van der Waals surface area contributed by atoms with Crippen molar-refractivity contribution in [1.29, 1.82) is 0 Å². The number of hydrogen-bond donors (Lipinski definition) is 1. The van der Waals surface area contributed by atoms with Crippen LogP contribution in [0.4, 0.5) is 0 Å². The van der Waals surface area contributed by atoms with Gasteiger partial charge >= 0.3 is 5.97 Å². The molecule has 0 saturated carbocycles. The third kappa shape index (κ3) is 3.66. The van der Waals surface area contributed by atoms with Crippen molar-refractivity contribution in [3.05, 3.63) is 29.8 Å². The van der Waals surface area contributed by atoms with E-state index in [-0.39, 0.29) is 11.5 Å². The number of esters is 1. The van der Waals surface area contributed by atoms with Crippen molar-refractivity contribution in [2.24, 2.45) is 11.7 Å². The second-order valence-electron chi connectivity index (χ2n) is 5.33. The highest BCUT2D eigenvalue weighted by Crippen LogP contribution is 2.23. The summed E-state index contributed by atoms with van der Waals surface area (Å²) in [6.45, 7) is 3.59. The number of piperidine rings is 1. The number of sulfonamides is 1. The smallest absolute Gasteiger partial charge is 0.338 e. The Morgan fingerprint density at radius 2 is 1.86 bits per heavy atom. The maximum atomic E-state index is 12.6. The minimum atomic E-state index is -3.51. The van der Waals surface area contributed by atoms with E-state index < -0.39 is 16.0 Å². The lowest BCUT2D eigenvalue weighted by Gasteiger charge is -2.30. The molecule has 6 nitrogen and oxygen atoms in total. The van der Waals surface area contributed by atoms with Crippen molar-refractivity contribution in [2.75, 3.05) is 26.2 Å². The van der Waals surface area contributed by atoms with E-state index in [0.29, 0.717) is 31.1 Å². The van der Waals surface area contributed by atoms with Gasteiger partial charge in [-0.05, 0) is 56.5 Å². The fraction of sp³-hybridized carbons (Fsp3) is 0.533. The van der Waals surface area contributed by atoms with E-state index >= 15 is 0 Å². The number of benzene rings is 1. The lowest BCUT2D eigenvalue weighted by molar-refractivity contribution is 0.0526. The van der Waals surface area contributed by atoms with Gasteiger partial charge in [-0.2, -0.15) is 4.31 Å². The Morgan fingerprint density at radius 3 is 2.36 bits per heavy atom.